The Morgan fingerprint density at radius 3 is 1.92 bits per heavy atom. The fourth-order valence-electron chi connectivity index (χ4n) is 3.11. The van der Waals surface area contributed by atoms with Crippen LogP contribution in [-0.2, 0) is 15.1 Å². The number of nitrogens with one attached hydrogen (secondary N) is 1. The minimum atomic E-state index is -1.37. The van der Waals surface area contributed by atoms with Crippen LogP contribution in [0.1, 0.15) is 17.5 Å². The fourth-order valence-corrected chi connectivity index (χ4v) is 3.11. The van der Waals surface area contributed by atoms with Crippen molar-refractivity contribution >= 4 is 17.9 Å². The second kappa shape index (κ2) is 6.16. The summed E-state index contributed by atoms with van der Waals surface area (Å²) >= 11 is 0. The highest BCUT2D eigenvalue weighted by atomic mass is 16.4. The Labute approximate surface area is 138 Å². The molecule has 2 N–H and O–H groups in total. The van der Waals surface area contributed by atoms with E-state index in [0.717, 1.165) is 0 Å². The number of rotatable bonds is 5. The highest BCUT2D eigenvalue weighted by Gasteiger charge is 2.55. The molecule has 1 aliphatic heterocycles. The molecule has 0 aliphatic carbocycles. The highest BCUT2D eigenvalue weighted by Crippen LogP contribution is 2.39. The van der Waals surface area contributed by atoms with Crippen LogP contribution in [-0.4, -0.2) is 34.5 Å². The third-order valence-electron chi connectivity index (χ3n) is 4.13. The number of aliphatic carboxylic acids is 1. The van der Waals surface area contributed by atoms with E-state index in [1.807, 2.05) is 12.1 Å². The van der Waals surface area contributed by atoms with E-state index in [2.05, 4.69) is 5.32 Å². The average Bonchev–Trinajstić information content (AvgIpc) is 2.85. The molecule has 3 rings (SSSR count). The van der Waals surface area contributed by atoms with Crippen molar-refractivity contribution in [3.05, 3.63) is 71.8 Å². The van der Waals surface area contributed by atoms with Crippen LogP contribution in [0, 0.1) is 0 Å². The molecule has 0 radical (unpaired) electrons. The second-order valence-electron chi connectivity index (χ2n) is 5.50. The largest absolute Gasteiger partial charge is 0.481 e. The molecule has 2 aromatic rings. The summed E-state index contributed by atoms with van der Waals surface area (Å²) < 4.78 is 0. The van der Waals surface area contributed by atoms with Gasteiger partial charge in [0.15, 0.2) is 5.54 Å². The molecule has 122 valence electrons. The lowest BCUT2D eigenvalue weighted by molar-refractivity contribution is -0.138. The SMILES string of the molecule is O=C(O)CCN1C(=O)NC(=O)C1(c1ccccc1)c1ccccc1. The van der Waals surface area contributed by atoms with Gasteiger partial charge in [0.2, 0.25) is 0 Å². The number of urea groups is 1. The van der Waals surface area contributed by atoms with Crippen molar-refractivity contribution < 1.29 is 19.5 Å². The van der Waals surface area contributed by atoms with Crippen LogP contribution in [0.25, 0.3) is 0 Å². The molecule has 24 heavy (non-hydrogen) atoms. The molecule has 1 heterocycles. The Hall–Kier alpha value is -3.15. The van der Waals surface area contributed by atoms with Gasteiger partial charge in [0.25, 0.3) is 5.91 Å². The zero-order chi connectivity index (χ0) is 17.2. The number of carboxylic acid groups (broad SMARTS) is 1. The van der Waals surface area contributed by atoms with E-state index in [-0.39, 0.29) is 13.0 Å². The summed E-state index contributed by atoms with van der Waals surface area (Å²) in [4.78, 5) is 37.5. The highest BCUT2D eigenvalue weighted by molar-refractivity contribution is 6.09. The smallest absolute Gasteiger partial charge is 0.325 e. The van der Waals surface area contributed by atoms with Crippen molar-refractivity contribution in [1.29, 1.82) is 0 Å². The van der Waals surface area contributed by atoms with Gasteiger partial charge in [-0.3, -0.25) is 14.9 Å². The van der Waals surface area contributed by atoms with Gasteiger partial charge in [-0.05, 0) is 11.1 Å². The van der Waals surface area contributed by atoms with Gasteiger partial charge in [-0.25, -0.2) is 4.79 Å². The van der Waals surface area contributed by atoms with Crippen molar-refractivity contribution in [3.63, 3.8) is 0 Å². The zero-order valence-corrected chi connectivity index (χ0v) is 12.8. The van der Waals surface area contributed by atoms with Gasteiger partial charge in [0.05, 0.1) is 6.42 Å². The molecule has 1 saturated heterocycles. The lowest BCUT2D eigenvalue weighted by Crippen LogP contribution is -2.48. The summed E-state index contributed by atoms with van der Waals surface area (Å²) in [6.07, 6.45) is -0.248. The lowest BCUT2D eigenvalue weighted by atomic mass is 9.81. The number of hydrogen-bond acceptors (Lipinski definition) is 3. The molecule has 6 heteroatoms. The van der Waals surface area contributed by atoms with Gasteiger partial charge < -0.3 is 10.0 Å². The van der Waals surface area contributed by atoms with Crippen LogP contribution in [0.4, 0.5) is 4.79 Å². The third-order valence-corrected chi connectivity index (χ3v) is 4.13. The van der Waals surface area contributed by atoms with E-state index in [4.69, 9.17) is 5.11 Å². The summed E-state index contributed by atoms with van der Waals surface area (Å²) in [5.41, 5.74) is -0.135. The van der Waals surface area contributed by atoms with Gasteiger partial charge in [-0.1, -0.05) is 60.7 Å². The Balaban J connectivity index is 2.20. The number of benzene rings is 2. The first-order valence-electron chi connectivity index (χ1n) is 7.52. The van der Waals surface area contributed by atoms with E-state index < -0.39 is 23.4 Å². The van der Waals surface area contributed by atoms with Crippen LogP contribution in [0.15, 0.2) is 60.7 Å². The van der Waals surface area contributed by atoms with Crippen molar-refractivity contribution in [2.45, 2.75) is 12.0 Å². The van der Waals surface area contributed by atoms with E-state index in [9.17, 15) is 14.4 Å². The molecule has 0 bridgehead atoms. The molecule has 1 aliphatic rings. The van der Waals surface area contributed by atoms with Crippen molar-refractivity contribution in [2.75, 3.05) is 6.54 Å². The molecule has 0 atom stereocenters. The third kappa shape index (κ3) is 2.42. The standard InChI is InChI=1S/C18H16N2O4/c21-15(22)11-12-20-17(24)19-16(23)18(20,13-7-3-1-4-8-13)14-9-5-2-6-10-14/h1-10H,11-12H2,(H,21,22)(H,19,23,24). The number of nitrogens with zero attached hydrogens (tertiary/aromatic N) is 1. The molecular weight excluding hydrogens is 308 g/mol. The molecule has 0 spiro atoms. The Bertz CT molecular complexity index is 735. The molecule has 1 fully saturated rings. The van der Waals surface area contributed by atoms with Crippen LogP contribution in [0.5, 0.6) is 0 Å². The number of carbonyl (C=O) groups is 3. The number of carbonyl (C=O) groups excluding carboxylic acids is 2. The topological polar surface area (TPSA) is 86.7 Å². The summed E-state index contributed by atoms with van der Waals surface area (Å²) in [7, 11) is 0. The molecular formula is C18H16N2O4. The monoisotopic (exact) mass is 324 g/mol. The van der Waals surface area contributed by atoms with Gasteiger partial charge in [-0.15, -0.1) is 0 Å². The molecule has 2 aromatic carbocycles. The zero-order valence-electron chi connectivity index (χ0n) is 12.8. The molecule has 3 amide bonds. The normalized spacial score (nSPS) is 16.1. The summed E-state index contributed by atoms with van der Waals surface area (Å²) in [6.45, 7) is -0.0727. The number of hydrogen-bond donors (Lipinski definition) is 2. The molecule has 0 saturated carbocycles. The first-order chi connectivity index (χ1) is 11.6. The maximum Gasteiger partial charge on any atom is 0.325 e. The lowest BCUT2D eigenvalue weighted by Gasteiger charge is -2.36. The van der Waals surface area contributed by atoms with Crippen LogP contribution >= 0.6 is 0 Å². The number of carboxylic acids is 1. The number of amides is 3. The van der Waals surface area contributed by atoms with Crippen LogP contribution < -0.4 is 5.32 Å². The van der Waals surface area contributed by atoms with E-state index >= 15 is 0 Å². The predicted molar refractivity (Wildman–Crippen MR) is 86.2 cm³/mol. The van der Waals surface area contributed by atoms with E-state index in [1.54, 1.807) is 48.5 Å². The predicted octanol–water partition coefficient (Wildman–Crippen LogP) is 1.96. The Morgan fingerprint density at radius 2 is 1.46 bits per heavy atom. The quantitative estimate of drug-likeness (QED) is 0.823. The van der Waals surface area contributed by atoms with E-state index in [0.29, 0.717) is 11.1 Å². The second-order valence-corrected chi connectivity index (χ2v) is 5.50. The van der Waals surface area contributed by atoms with Crippen molar-refractivity contribution in [2.24, 2.45) is 0 Å². The van der Waals surface area contributed by atoms with Gasteiger partial charge in [0.1, 0.15) is 0 Å². The first-order valence-corrected chi connectivity index (χ1v) is 7.52. The van der Waals surface area contributed by atoms with Crippen LogP contribution in [0.2, 0.25) is 0 Å². The van der Waals surface area contributed by atoms with Gasteiger partial charge >= 0.3 is 12.0 Å². The van der Waals surface area contributed by atoms with E-state index in [1.165, 1.54) is 4.90 Å². The summed E-state index contributed by atoms with van der Waals surface area (Å²) in [6, 6.07) is 17.2. The maximum absolute atomic E-state index is 12.8. The summed E-state index contributed by atoms with van der Waals surface area (Å²) in [5, 5.41) is 11.3. The van der Waals surface area contributed by atoms with Gasteiger partial charge in [-0.2, -0.15) is 0 Å². The molecule has 6 nitrogen and oxygen atoms in total. The Morgan fingerprint density at radius 1 is 0.958 bits per heavy atom. The van der Waals surface area contributed by atoms with Crippen molar-refractivity contribution in [3.8, 4) is 0 Å². The van der Waals surface area contributed by atoms with Crippen molar-refractivity contribution in [1.82, 2.24) is 10.2 Å². The minimum Gasteiger partial charge on any atom is -0.481 e. The molecule has 0 aromatic heterocycles. The maximum atomic E-state index is 12.8. The Kier molecular flexibility index (Phi) is 4.04. The molecule has 0 unspecified atom stereocenters. The first kappa shape index (κ1) is 15.7. The fraction of sp³-hybridized carbons (Fsp3) is 0.167. The number of imide groups is 1. The van der Waals surface area contributed by atoms with Crippen LogP contribution in [0.3, 0.4) is 0 Å². The van der Waals surface area contributed by atoms with Gasteiger partial charge in [0, 0.05) is 6.54 Å². The summed E-state index contributed by atoms with van der Waals surface area (Å²) in [5.74, 6) is -1.51. The minimum absolute atomic E-state index is 0.0727. The average molecular weight is 324 g/mol.